The lowest BCUT2D eigenvalue weighted by Crippen LogP contribution is -1.95. The van der Waals surface area contributed by atoms with E-state index in [-0.39, 0.29) is 17.0 Å². The molecule has 0 amide bonds. The summed E-state index contributed by atoms with van der Waals surface area (Å²) in [6, 6.07) is 3.30. The van der Waals surface area contributed by atoms with Gasteiger partial charge in [0.15, 0.2) is 11.6 Å². The summed E-state index contributed by atoms with van der Waals surface area (Å²) < 4.78 is 26.0. The van der Waals surface area contributed by atoms with Crippen molar-refractivity contribution in [3.8, 4) is 11.3 Å². The summed E-state index contributed by atoms with van der Waals surface area (Å²) in [6.45, 7) is 0. The van der Waals surface area contributed by atoms with Crippen LogP contribution in [0.1, 0.15) is 10.5 Å². The third-order valence-corrected chi connectivity index (χ3v) is 2.49. The topological polar surface area (TPSA) is 66.0 Å². The second kappa shape index (κ2) is 4.14. The minimum Gasteiger partial charge on any atom is -0.477 e. The maximum atomic E-state index is 13.2. The van der Waals surface area contributed by atoms with E-state index in [1.54, 1.807) is 0 Å². The van der Waals surface area contributed by atoms with Crippen LogP contribution in [0.2, 0.25) is 5.02 Å². The monoisotopic (exact) mass is 258 g/mol. The molecule has 88 valence electrons. The predicted octanol–water partition coefficient (Wildman–Crippen LogP) is 2.71. The molecule has 1 aromatic heterocycles. The number of rotatable bonds is 2. The van der Waals surface area contributed by atoms with E-state index >= 15 is 0 Å². The molecule has 2 N–H and O–H groups in total. The lowest BCUT2D eigenvalue weighted by Gasteiger charge is -2.01. The van der Waals surface area contributed by atoms with Crippen molar-refractivity contribution in [2.75, 3.05) is 0 Å². The smallest absolute Gasteiger partial charge is 0.353 e. The highest BCUT2D eigenvalue weighted by molar-refractivity contribution is 6.33. The number of nitrogens with zero attached hydrogens (tertiary/aromatic N) is 1. The minimum atomic E-state index is -1.21. The molecule has 4 nitrogen and oxygen atoms in total. The number of aromatic carboxylic acids is 1. The van der Waals surface area contributed by atoms with E-state index in [0.29, 0.717) is 0 Å². The maximum absolute atomic E-state index is 13.2. The third kappa shape index (κ3) is 1.99. The molecule has 2 aromatic rings. The van der Waals surface area contributed by atoms with E-state index in [9.17, 15) is 13.6 Å². The van der Waals surface area contributed by atoms with Gasteiger partial charge in [0.05, 0.1) is 10.7 Å². The van der Waals surface area contributed by atoms with Gasteiger partial charge < -0.3 is 5.11 Å². The third-order valence-electron chi connectivity index (χ3n) is 2.12. The molecule has 0 saturated carbocycles. The van der Waals surface area contributed by atoms with Gasteiger partial charge in [-0.05, 0) is 18.2 Å². The van der Waals surface area contributed by atoms with Gasteiger partial charge in [-0.2, -0.15) is 5.10 Å². The van der Waals surface area contributed by atoms with Gasteiger partial charge in [-0.1, -0.05) is 11.6 Å². The maximum Gasteiger partial charge on any atom is 0.353 e. The number of carbonyl (C=O) groups is 1. The van der Waals surface area contributed by atoms with Gasteiger partial charge >= 0.3 is 5.97 Å². The predicted molar refractivity (Wildman–Crippen MR) is 55.9 cm³/mol. The van der Waals surface area contributed by atoms with Crippen LogP contribution in [0.3, 0.4) is 0 Å². The molecular formula is C10H5ClF2N2O2. The van der Waals surface area contributed by atoms with Crippen molar-refractivity contribution < 1.29 is 18.7 Å². The first-order valence-corrected chi connectivity index (χ1v) is 4.81. The molecule has 1 aromatic carbocycles. The number of nitrogens with one attached hydrogen (secondary N) is 1. The van der Waals surface area contributed by atoms with Gasteiger partial charge in [0.1, 0.15) is 5.69 Å². The van der Waals surface area contributed by atoms with Crippen LogP contribution in [0, 0.1) is 11.6 Å². The van der Waals surface area contributed by atoms with Crippen LogP contribution in [0.15, 0.2) is 18.2 Å². The summed E-state index contributed by atoms with van der Waals surface area (Å²) in [7, 11) is 0. The number of halogens is 3. The lowest BCUT2D eigenvalue weighted by molar-refractivity contribution is 0.0690. The number of benzene rings is 1. The van der Waals surface area contributed by atoms with Crippen molar-refractivity contribution in [3.63, 3.8) is 0 Å². The van der Waals surface area contributed by atoms with Crippen LogP contribution in [0.4, 0.5) is 8.78 Å². The quantitative estimate of drug-likeness (QED) is 0.814. The highest BCUT2D eigenvalue weighted by Crippen LogP contribution is 2.30. The first kappa shape index (κ1) is 11.5. The van der Waals surface area contributed by atoms with Gasteiger partial charge in [0, 0.05) is 5.56 Å². The summed E-state index contributed by atoms with van der Waals surface area (Å²) in [5.74, 6) is -3.47. The highest BCUT2D eigenvalue weighted by atomic mass is 35.5. The number of hydrogen-bond donors (Lipinski definition) is 2. The van der Waals surface area contributed by atoms with Crippen LogP contribution in [-0.2, 0) is 0 Å². The van der Waals surface area contributed by atoms with Crippen molar-refractivity contribution >= 4 is 17.6 Å². The fraction of sp³-hybridized carbons (Fsp3) is 0. The summed E-state index contributed by atoms with van der Waals surface area (Å²) in [5.41, 5.74) is 0.0846. The second-order valence-electron chi connectivity index (χ2n) is 3.19. The molecule has 0 unspecified atom stereocenters. The van der Waals surface area contributed by atoms with Crippen LogP contribution in [0.25, 0.3) is 11.3 Å². The van der Waals surface area contributed by atoms with Crippen molar-refractivity contribution in [1.29, 1.82) is 0 Å². The molecule has 2 rings (SSSR count). The molecule has 0 bridgehead atoms. The van der Waals surface area contributed by atoms with E-state index in [2.05, 4.69) is 10.2 Å². The Hall–Kier alpha value is -1.95. The van der Waals surface area contributed by atoms with E-state index < -0.39 is 22.6 Å². The zero-order chi connectivity index (χ0) is 12.6. The Morgan fingerprint density at radius 1 is 1.41 bits per heavy atom. The average molecular weight is 259 g/mol. The molecule has 0 spiro atoms. The number of carboxylic acid groups (broad SMARTS) is 1. The SMILES string of the molecule is O=C(O)c1cc(-c2ccc(F)c(F)c2Cl)n[nH]1. The Morgan fingerprint density at radius 2 is 2.12 bits per heavy atom. The second-order valence-corrected chi connectivity index (χ2v) is 3.57. The van der Waals surface area contributed by atoms with Crippen LogP contribution in [0.5, 0.6) is 0 Å². The first-order valence-electron chi connectivity index (χ1n) is 4.43. The van der Waals surface area contributed by atoms with Crippen LogP contribution in [-0.4, -0.2) is 21.3 Å². The van der Waals surface area contributed by atoms with E-state index in [0.717, 1.165) is 6.07 Å². The number of aromatic nitrogens is 2. The van der Waals surface area contributed by atoms with Crippen LogP contribution < -0.4 is 0 Å². The largest absolute Gasteiger partial charge is 0.477 e. The molecule has 0 aliphatic carbocycles. The summed E-state index contributed by atoms with van der Waals surface area (Å²) in [4.78, 5) is 10.6. The normalized spacial score (nSPS) is 10.5. The average Bonchev–Trinajstić information content (AvgIpc) is 2.75. The Labute approximate surface area is 98.8 Å². The van der Waals surface area contributed by atoms with E-state index in [4.69, 9.17) is 16.7 Å². The van der Waals surface area contributed by atoms with Gasteiger partial charge in [-0.15, -0.1) is 0 Å². The van der Waals surface area contributed by atoms with Crippen molar-refractivity contribution in [2.45, 2.75) is 0 Å². The zero-order valence-electron chi connectivity index (χ0n) is 8.17. The number of carboxylic acids is 1. The van der Waals surface area contributed by atoms with Gasteiger partial charge in [-0.25, -0.2) is 13.6 Å². The fourth-order valence-electron chi connectivity index (χ4n) is 1.29. The molecule has 0 aliphatic heterocycles. The molecule has 7 heteroatoms. The van der Waals surface area contributed by atoms with Gasteiger partial charge in [-0.3, -0.25) is 5.10 Å². The molecule has 0 radical (unpaired) electrons. The molecule has 0 fully saturated rings. The van der Waals surface area contributed by atoms with Gasteiger partial charge in [0.2, 0.25) is 0 Å². The fourth-order valence-corrected chi connectivity index (χ4v) is 1.54. The number of H-pyrrole nitrogens is 1. The first-order chi connectivity index (χ1) is 8.00. The molecule has 0 atom stereocenters. The molecule has 0 saturated heterocycles. The Balaban J connectivity index is 2.53. The molecule has 17 heavy (non-hydrogen) atoms. The highest BCUT2D eigenvalue weighted by Gasteiger charge is 2.16. The standard InChI is InChI=1S/C10H5ClF2N2O2/c11-8-4(1-2-5(12)9(8)13)6-3-7(10(16)17)15-14-6/h1-3H,(H,14,15)(H,16,17). The van der Waals surface area contributed by atoms with Crippen molar-refractivity contribution in [1.82, 2.24) is 10.2 Å². The van der Waals surface area contributed by atoms with Crippen LogP contribution >= 0.6 is 11.6 Å². The Bertz CT molecular complexity index is 598. The minimum absolute atomic E-state index is 0.120. The summed E-state index contributed by atoms with van der Waals surface area (Å²) in [6.07, 6.45) is 0. The van der Waals surface area contributed by atoms with Gasteiger partial charge in [0.25, 0.3) is 0 Å². The zero-order valence-corrected chi connectivity index (χ0v) is 8.92. The summed E-state index contributed by atoms with van der Waals surface area (Å²) in [5, 5.41) is 14.1. The Morgan fingerprint density at radius 3 is 2.71 bits per heavy atom. The van der Waals surface area contributed by atoms with Crippen molar-refractivity contribution in [2.24, 2.45) is 0 Å². The molecule has 0 aliphatic rings. The Kier molecular flexibility index (Phi) is 2.81. The number of hydrogen-bond acceptors (Lipinski definition) is 2. The molecular weight excluding hydrogens is 254 g/mol. The van der Waals surface area contributed by atoms with Crippen molar-refractivity contribution in [3.05, 3.63) is 40.6 Å². The summed E-state index contributed by atoms with van der Waals surface area (Å²) >= 11 is 5.61. The van der Waals surface area contributed by atoms with E-state index in [1.807, 2.05) is 0 Å². The molecule has 1 heterocycles. The number of aromatic amines is 1. The lowest BCUT2D eigenvalue weighted by atomic mass is 10.1. The van der Waals surface area contributed by atoms with E-state index in [1.165, 1.54) is 12.1 Å².